The fourth-order valence-electron chi connectivity index (χ4n) is 3.29. The molecule has 1 aliphatic rings. The average molecular weight is 274 g/mol. The van der Waals surface area contributed by atoms with Crippen molar-refractivity contribution in [2.24, 2.45) is 5.92 Å². The van der Waals surface area contributed by atoms with Crippen molar-refractivity contribution in [3.05, 3.63) is 29.3 Å². The van der Waals surface area contributed by atoms with Gasteiger partial charge in [0.2, 0.25) is 0 Å². The number of piperidine rings is 1. The zero-order valence-corrected chi connectivity index (χ0v) is 13.6. The molecular weight excluding hydrogens is 244 g/mol. The predicted octanol–water partition coefficient (Wildman–Crippen LogP) is 4.23. The zero-order valence-electron chi connectivity index (χ0n) is 13.6. The van der Waals surface area contributed by atoms with E-state index in [0.717, 1.165) is 5.92 Å². The molecule has 0 radical (unpaired) electrons. The Kier molecular flexibility index (Phi) is 5.47. The number of benzene rings is 1. The van der Waals surface area contributed by atoms with Crippen LogP contribution in [-0.2, 0) is 0 Å². The molecule has 1 aliphatic heterocycles. The van der Waals surface area contributed by atoms with Gasteiger partial charge in [-0.15, -0.1) is 0 Å². The summed E-state index contributed by atoms with van der Waals surface area (Å²) in [5.74, 6) is 0.773. The van der Waals surface area contributed by atoms with Crippen LogP contribution in [0.15, 0.2) is 18.2 Å². The van der Waals surface area contributed by atoms with Crippen molar-refractivity contribution in [1.82, 2.24) is 4.90 Å². The van der Waals surface area contributed by atoms with E-state index in [9.17, 15) is 0 Å². The maximum absolute atomic E-state index is 3.76. The molecule has 1 fully saturated rings. The first-order valence-electron chi connectivity index (χ1n) is 8.17. The normalized spacial score (nSPS) is 21.7. The Morgan fingerprint density at radius 3 is 2.90 bits per heavy atom. The monoisotopic (exact) mass is 274 g/mol. The third-order valence-corrected chi connectivity index (χ3v) is 4.78. The highest BCUT2D eigenvalue weighted by molar-refractivity contribution is 5.54. The van der Waals surface area contributed by atoms with Crippen LogP contribution >= 0.6 is 0 Å². The van der Waals surface area contributed by atoms with E-state index in [4.69, 9.17) is 0 Å². The van der Waals surface area contributed by atoms with Crippen molar-refractivity contribution >= 4 is 5.69 Å². The highest BCUT2D eigenvalue weighted by Crippen LogP contribution is 2.25. The Morgan fingerprint density at radius 2 is 2.15 bits per heavy atom. The number of anilines is 1. The third-order valence-electron chi connectivity index (χ3n) is 4.78. The maximum Gasteiger partial charge on any atom is 0.0374 e. The van der Waals surface area contributed by atoms with Crippen LogP contribution in [-0.4, -0.2) is 30.6 Å². The molecule has 20 heavy (non-hydrogen) atoms. The molecule has 1 N–H and O–H groups in total. The van der Waals surface area contributed by atoms with Gasteiger partial charge in [0.1, 0.15) is 0 Å². The van der Waals surface area contributed by atoms with Gasteiger partial charge in [-0.2, -0.15) is 0 Å². The van der Waals surface area contributed by atoms with Crippen molar-refractivity contribution in [3.63, 3.8) is 0 Å². The van der Waals surface area contributed by atoms with E-state index in [2.05, 4.69) is 56.1 Å². The van der Waals surface area contributed by atoms with Crippen molar-refractivity contribution in [1.29, 1.82) is 0 Å². The van der Waals surface area contributed by atoms with Gasteiger partial charge in [-0.25, -0.2) is 0 Å². The van der Waals surface area contributed by atoms with Gasteiger partial charge in [-0.1, -0.05) is 19.1 Å². The number of nitrogens with zero attached hydrogens (tertiary/aromatic N) is 1. The Morgan fingerprint density at radius 1 is 1.35 bits per heavy atom. The van der Waals surface area contributed by atoms with Crippen LogP contribution in [0.3, 0.4) is 0 Å². The van der Waals surface area contributed by atoms with Crippen molar-refractivity contribution in [2.75, 3.05) is 25.0 Å². The van der Waals surface area contributed by atoms with Gasteiger partial charge in [0.15, 0.2) is 0 Å². The van der Waals surface area contributed by atoms with Crippen LogP contribution in [0.25, 0.3) is 0 Å². The molecule has 1 heterocycles. The van der Waals surface area contributed by atoms with E-state index >= 15 is 0 Å². The molecule has 0 aromatic heterocycles. The average Bonchev–Trinajstić information content (AvgIpc) is 2.44. The lowest BCUT2D eigenvalue weighted by atomic mass is 9.91. The molecule has 0 amide bonds. The molecule has 2 atom stereocenters. The van der Waals surface area contributed by atoms with Gasteiger partial charge >= 0.3 is 0 Å². The second-order valence-electron chi connectivity index (χ2n) is 6.38. The Labute approximate surface area is 124 Å². The van der Waals surface area contributed by atoms with Gasteiger partial charge in [-0.05, 0) is 76.2 Å². The fourth-order valence-corrected chi connectivity index (χ4v) is 3.29. The highest BCUT2D eigenvalue weighted by atomic mass is 15.1. The summed E-state index contributed by atoms with van der Waals surface area (Å²) >= 11 is 0. The molecule has 0 spiro atoms. The number of aryl methyl sites for hydroxylation is 1. The summed E-state index contributed by atoms with van der Waals surface area (Å²) in [6, 6.07) is 7.11. The minimum atomic E-state index is 0.551. The maximum atomic E-state index is 3.76. The lowest BCUT2D eigenvalue weighted by Crippen LogP contribution is -2.42. The van der Waals surface area contributed by atoms with Gasteiger partial charge in [0.25, 0.3) is 0 Å². The summed E-state index contributed by atoms with van der Waals surface area (Å²) in [5.41, 5.74) is 4.07. The first-order chi connectivity index (χ1) is 9.61. The number of nitrogens with one attached hydrogen (secondary N) is 1. The Bertz CT molecular complexity index is 425. The van der Waals surface area contributed by atoms with Crippen LogP contribution in [0.4, 0.5) is 5.69 Å². The van der Waals surface area contributed by atoms with Crippen LogP contribution in [0, 0.1) is 19.8 Å². The first-order valence-corrected chi connectivity index (χ1v) is 8.17. The molecule has 2 unspecified atom stereocenters. The van der Waals surface area contributed by atoms with Crippen LogP contribution in [0.5, 0.6) is 0 Å². The van der Waals surface area contributed by atoms with E-state index < -0.39 is 0 Å². The molecule has 112 valence electrons. The van der Waals surface area contributed by atoms with E-state index in [1.54, 1.807) is 0 Å². The SMILES string of the molecule is CCCN1CCCC(C(C)Nc2cccc(C)c2C)C1. The van der Waals surface area contributed by atoms with E-state index in [-0.39, 0.29) is 0 Å². The van der Waals surface area contributed by atoms with E-state index in [1.165, 1.54) is 55.7 Å². The van der Waals surface area contributed by atoms with E-state index in [1.807, 2.05) is 0 Å². The molecule has 2 nitrogen and oxygen atoms in total. The lowest BCUT2D eigenvalue weighted by Gasteiger charge is -2.36. The molecule has 0 bridgehead atoms. The number of hydrogen-bond donors (Lipinski definition) is 1. The Hall–Kier alpha value is -1.02. The van der Waals surface area contributed by atoms with Gasteiger partial charge in [0.05, 0.1) is 0 Å². The second kappa shape index (κ2) is 7.12. The topological polar surface area (TPSA) is 15.3 Å². The largest absolute Gasteiger partial charge is 0.382 e. The number of likely N-dealkylation sites (tertiary alicyclic amines) is 1. The smallest absolute Gasteiger partial charge is 0.0374 e. The molecule has 0 aliphatic carbocycles. The van der Waals surface area contributed by atoms with Crippen molar-refractivity contribution in [3.8, 4) is 0 Å². The van der Waals surface area contributed by atoms with Crippen LogP contribution in [0.1, 0.15) is 44.2 Å². The summed E-state index contributed by atoms with van der Waals surface area (Å²) in [6.45, 7) is 12.8. The summed E-state index contributed by atoms with van der Waals surface area (Å²) in [6.07, 6.45) is 3.98. The molecule has 1 saturated heterocycles. The van der Waals surface area contributed by atoms with Gasteiger partial charge < -0.3 is 10.2 Å². The summed E-state index contributed by atoms with van der Waals surface area (Å²) in [7, 11) is 0. The first kappa shape index (κ1) is 15.4. The highest BCUT2D eigenvalue weighted by Gasteiger charge is 2.24. The van der Waals surface area contributed by atoms with Crippen LogP contribution < -0.4 is 5.32 Å². The second-order valence-corrected chi connectivity index (χ2v) is 6.38. The number of hydrogen-bond acceptors (Lipinski definition) is 2. The standard InChI is InChI=1S/C18H30N2/c1-5-11-20-12-7-9-17(13-20)16(4)19-18-10-6-8-14(2)15(18)3/h6,8,10,16-17,19H,5,7,9,11-13H2,1-4H3. The van der Waals surface area contributed by atoms with Crippen molar-refractivity contribution < 1.29 is 0 Å². The molecule has 1 aromatic carbocycles. The fraction of sp³-hybridized carbons (Fsp3) is 0.667. The summed E-state index contributed by atoms with van der Waals surface area (Å²) in [4.78, 5) is 2.63. The zero-order chi connectivity index (χ0) is 14.5. The van der Waals surface area contributed by atoms with Crippen LogP contribution in [0.2, 0.25) is 0 Å². The van der Waals surface area contributed by atoms with Crippen molar-refractivity contribution in [2.45, 2.75) is 53.0 Å². The molecule has 2 rings (SSSR count). The van der Waals surface area contributed by atoms with Gasteiger partial charge in [-0.3, -0.25) is 0 Å². The predicted molar refractivity (Wildman–Crippen MR) is 88.5 cm³/mol. The Balaban J connectivity index is 1.97. The minimum absolute atomic E-state index is 0.551. The minimum Gasteiger partial charge on any atom is -0.382 e. The number of rotatable bonds is 5. The molecule has 2 heteroatoms. The van der Waals surface area contributed by atoms with Gasteiger partial charge in [0, 0.05) is 18.3 Å². The molecule has 1 aromatic rings. The van der Waals surface area contributed by atoms with E-state index in [0.29, 0.717) is 6.04 Å². The molecular formula is C18H30N2. The lowest BCUT2D eigenvalue weighted by molar-refractivity contribution is 0.165. The molecule has 0 saturated carbocycles. The summed E-state index contributed by atoms with van der Waals surface area (Å²) in [5, 5.41) is 3.76. The quantitative estimate of drug-likeness (QED) is 0.864. The summed E-state index contributed by atoms with van der Waals surface area (Å²) < 4.78 is 0. The third kappa shape index (κ3) is 3.76.